The number of rotatable bonds is 2. The van der Waals surface area contributed by atoms with Crippen molar-refractivity contribution in [3.05, 3.63) is 0 Å². The van der Waals surface area contributed by atoms with Crippen LogP contribution in [0.1, 0.15) is 46.0 Å². The fourth-order valence-corrected chi connectivity index (χ4v) is 5.35. The van der Waals surface area contributed by atoms with Crippen molar-refractivity contribution in [3.8, 4) is 0 Å². The highest BCUT2D eigenvalue weighted by Gasteiger charge is 2.54. The van der Waals surface area contributed by atoms with E-state index in [1.54, 1.807) is 0 Å². The molecule has 3 heteroatoms. The van der Waals surface area contributed by atoms with Crippen LogP contribution in [0.15, 0.2) is 0 Å². The second-order valence-electron chi connectivity index (χ2n) is 7.65. The molecule has 4 fully saturated rings. The maximum absolute atomic E-state index is 5.77. The van der Waals surface area contributed by atoms with E-state index in [0.717, 1.165) is 42.9 Å². The Hall–Kier alpha value is -0.120. The van der Waals surface area contributed by atoms with Gasteiger partial charge in [-0.05, 0) is 63.2 Å². The number of ether oxygens (including phenoxy) is 2. The standard InChI is InChI=1S/C16H27NO2/c1-16(2)18-8-11(9-19-16)17-15-7-10-6-14(15)13-5-3-4-12(10)13/h10-15,17H,3-9H2,1-2H3. The van der Waals surface area contributed by atoms with E-state index in [1.165, 1.54) is 32.1 Å². The molecule has 3 aliphatic carbocycles. The molecule has 3 nitrogen and oxygen atoms in total. The number of fused-ring (bicyclic) bond motifs is 5. The molecule has 0 aromatic rings. The van der Waals surface area contributed by atoms with Crippen molar-refractivity contribution >= 4 is 0 Å². The second-order valence-corrected chi connectivity index (χ2v) is 7.65. The number of hydrogen-bond donors (Lipinski definition) is 1. The molecular formula is C16H27NO2. The third kappa shape index (κ3) is 2.14. The predicted octanol–water partition coefficient (Wildman–Crippen LogP) is 2.55. The first kappa shape index (κ1) is 12.6. The molecule has 2 bridgehead atoms. The average Bonchev–Trinajstić information content (AvgIpc) is 3.03. The monoisotopic (exact) mass is 265 g/mol. The third-order valence-electron chi connectivity index (χ3n) is 6.14. The van der Waals surface area contributed by atoms with Gasteiger partial charge in [0, 0.05) is 6.04 Å². The van der Waals surface area contributed by atoms with Crippen LogP contribution < -0.4 is 5.32 Å². The van der Waals surface area contributed by atoms with Crippen molar-refractivity contribution in [3.63, 3.8) is 0 Å². The Bertz CT molecular complexity index is 347. The summed E-state index contributed by atoms with van der Waals surface area (Å²) in [5.74, 6) is 3.71. The SMILES string of the molecule is CC1(C)OCC(NC2CC3CC2C2CCCC32)CO1. The summed E-state index contributed by atoms with van der Waals surface area (Å²) in [6, 6.07) is 1.14. The van der Waals surface area contributed by atoms with Crippen molar-refractivity contribution in [2.75, 3.05) is 13.2 Å². The normalized spacial score (nSPS) is 48.6. The van der Waals surface area contributed by atoms with E-state index < -0.39 is 0 Å². The molecule has 0 aromatic carbocycles. The zero-order valence-corrected chi connectivity index (χ0v) is 12.2. The van der Waals surface area contributed by atoms with Crippen LogP contribution >= 0.6 is 0 Å². The molecule has 3 saturated carbocycles. The smallest absolute Gasteiger partial charge is 0.162 e. The number of hydrogen-bond acceptors (Lipinski definition) is 3. The van der Waals surface area contributed by atoms with Gasteiger partial charge in [0.05, 0.1) is 19.3 Å². The molecule has 0 radical (unpaired) electrons. The lowest BCUT2D eigenvalue weighted by molar-refractivity contribution is -0.253. The zero-order valence-electron chi connectivity index (χ0n) is 12.2. The van der Waals surface area contributed by atoms with Gasteiger partial charge in [-0.3, -0.25) is 0 Å². The summed E-state index contributed by atoms with van der Waals surface area (Å²) >= 11 is 0. The Morgan fingerprint density at radius 2 is 1.68 bits per heavy atom. The zero-order chi connectivity index (χ0) is 13.0. The molecular weight excluding hydrogens is 238 g/mol. The summed E-state index contributed by atoms with van der Waals surface area (Å²) in [4.78, 5) is 0. The van der Waals surface area contributed by atoms with Gasteiger partial charge in [0.25, 0.3) is 0 Å². The van der Waals surface area contributed by atoms with Crippen LogP contribution in [0.2, 0.25) is 0 Å². The molecule has 5 atom stereocenters. The topological polar surface area (TPSA) is 30.5 Å². The first-order chi connectivity index (χ1) is 9.12. The fourth-order valence-electron chi connectivity index (χ4n) is 5.35. The van der Waals surface area contributed by atoms with E-state index in [1.807, 2.05) is 13.8 Å². The van der Waals surface area contributed by atoms with Crippen molar-refractivity contribution < 1.29 is 9.47 Å². The van der Waals surface area contributed by atoms with Gasteiger partial charge in [-0.15, -0.1) is 0 Å². The van der Waals surface area contributed by atoms with Gasteiger partial charge in [0.15, 0.2) is 5.79 Å². The highest BCUT2D eigenvalue weighted by molar-refractivity contribution is 5.06. The van der Waals surface area contributed by atoms with Crippen LogP contribution in [-0.2, 0) is 9.47 Å². The average molecular weight is 265 g/mol. The Balaban J connectivity index is 1.35. The van der Waals surface area contributed by atoms with Crippen LogP contribution in [0.5, 0.6) is 0 Å². The fraction of sp³-hybridized carbons (Fsp3) is 1.00. The molecule has 108 valence electrons. The minimum absolute atomic E-state index is 0.386. The first-order valence-corrected chi connectivity index (χ1v) is 8.16. The van der Waals surface area contributed by atoms with Gasteiger partial charge in [-0.1, -0.05) is 6.42 Å². The van der Waals surface area contributed by atoms with Gasteiger partial charge < -0.3 is 14.8 Å². The van der Waals surface area contributed by atoms with E-state index in [9.17, 15) is 0 Å². The summed E-state index contributed by atoms with van der Waals surface area (Å²) in [7, 11) is 0. The van der Waals surface area contributed by atoms with Crippen molar-refractivity contribution in [1.82, 2.24) is 5.32 Å². The van der Waals surface area contributed by atoms with Gasteiger partial charge in [0.1, 0.15) is 0 Å². The lowest BCUT2D eigenvalue weighted by atomic mass is 9.79. The molecule has 1 saturated heterocycles. The predicted molar refractivity (Wildman–Crippen MR) is 73.7 cm³/mol. The Kier molecular flexibility index (Phi) is 2.95. The van der Waals surface area contributed by atoms with E-state index in [4.69, 9.17) is 9.47 Å². The maximum Gasteiger partial charge on any atom is 0.162 e. The minimum atomic E-state index is -0.386. The number of nitrogens with one attached hydrogen (secondary N) is 1. The third-order valence-corrected chi connectivity index (χ3v) is 6.14. The molecule has 4 rings (SSSR count). The summed E-state index contributed by atoms with van der Waals surface area (Å²) < 4.78 is 11.5. The summed E-state index contributed by atoms with van der Waals surface area (Å²) in [6.45, 7) is 5.61. The Morgan fingerprint density at radius 1 is 0.947 bits per heavy atom. The Morgan fingerprint density at radius 3 is 2.47 bits per heavy atom. The van der Waals surface area contributed by atoms with Crippen LogP contribution in [0.25, 0.3) is 0 Å². The lowest BCUT2D eigenvalue weighted by Gasteiger charge is -2.39. The molecule has 0 amide bonds. The minimum Gasteiger partial charge on any atom is -0.349 e. The Labute approximate surface area is 116 Å². The highest BCUT2D eigenvalue weighted by atomic mass is 16.7. The van der Waals surface area contributed by atoms with Gasteiger partial charge in [0.2, 0.25) is 0 Å². The largest absolute Gasteiger partial charge is 0.349 e. The van der Waals surface area contributed by atoms with Crippen molar-refractivity contribution in [1.29, 1.82) is 0 Å². The molecule has 19 heavy (non-hydrogen) atoms. The summed E-state index contributed by atoms with van der Waals surface area (Å²) in [5.41, 5.74) is 0. The molecule has 1 aliphatic heterocycles. The highest BCUT2D eigenvalue weighted by Crippen LogP contribution is 2.58. The molecule has 0 spiro atoms. The van der Waals surface area contributed by atoms with Crippen LogP contribution in [-0.4, -0.2) is 31.1 Å². The molecule has 1 heterocycles. The summed E-state index contributed by atoms with van der Waals surface area (Å²) in [5, 5.41) is 3.85. The van der Waals surface area contributed by atoms with Gasteiger partial charge in [-0.2, -0.15) is 0 Å². The quantitative estimate of drug-likeness (QED) is 0.832. The van der Waals surface area contributed by atoms with Crippen molar-refractivity contribution in [2.24, 2.45) is 23.7 Å². The van der Waals surface area contributed by atoms with Gasteiger partial charge >= 0.3 is 0 Å². The maximum atomic E-state index is 5.77. The molecule has 4 aliphatic rings. The summed E-state index contributed by atoms with van der Waals surface area (Å²) in [6.07, 6.45) is 7.40. The van der Waals surface area contributed by atoms with Crippen LogP contribution in [0.3, 0.4) is 0 Å². The van der Waals surface area contributed by atoms with Gasteiger partial charge in [-0.25, -0.2) is 0 Å². The van der Waals surface area contributed by atoms with E-state index in [-0.39, 0.29) is 5.79 Å². The first-order valence-electron chi connectivity index (χ1n) is 8.16. The second kappa shape index (κ2) is 4.44. The van der Waals surface area contributed by atoms with E-state index in [2.05, 4.69) is 5.32 Å². The van der Waals surface area contributed by atoms with E-state index >= 15 is 0 Å². The molecule has 5 unspecified atom stereocenters. The molecule has 0 aromatic heterocycles. The van der Waals surface area contributed by atoms with E-state index in [0.29, 0.717) is 6.04 Å². The molecule has 1 N–H and O–H groups in total. The van der Waals surface area contributed by atoms with Crippen LogP contribution in [0, 0.1) is 23.7 Å². The van der Waals surface area contributed by atoms with Crippen molar-refractivity contribution in [2.45, 2.75) is 63.8 Å². The van der Waals surface area contributed by atoms with Crippen LogP contribution in [0.4, 0.5) is 0 Å². The lowest BCUT2D eigenvalue weighted by Crippen LogP contribution is -2.53.